The quantitative estimate of drug-likeness (QED) is 0.575. The van der Waals surface area contributed by atoms with Crippen molar-refractivity contribution in [2.24, 2.45) is 4.99 Å². The first-order valence-electron chi connectivity index (χ1n) is 6.59. The summed E-state index contributed by atoms with van der Waals surface area (Å²) in [5.74, 6) is 0. The Balaban J connectivity index is 2.22. The molecule has 2 aromatic rings. The van der Waals surface area contributed by atoms with Gasteiger partial charge in [-0.15, -0.1) is 0 Å². The minimum atomic E-state index is 0.835. The molecule has 0 saturated carbocycles. The highest BCUT2D eigenvalue weighted by Gasteiger charge is 2.01. The molecule has 0 aromatic heterocycles. The number of nitrogens with zero attached hydrogens (tertiary/aromatic N) is 1. The molecule has 0 spiro atoms. The second kappa shape index (κ2) is 7.11. The first kappa shape index (κ1) is 13.8. The molecule has 0 radical (unpaired) electrons. The van der Waals surface area contributed by atoms with E-state index >= 15 is 0 Å². The van der Waals surface area contributed by atoms with E-state index in [0.717, 1.165) is 17.7 Å². The molecule has 0 aliphatic heterocycles. The van der Waals surface area contributed by atoms with E-state index in [0.29, 0.717) is 0 Å². The zero-order valence-electron chi connectivity index (χ0n) is 11.6. The molecule has 0 N–H and O–H groups in total. The molecule has 0 amide bonds. The molecule has 2 aromatic carbocycles. The van der Waals surface area contributed by atoms with E-state index < -0.39 is 0 Å². The summed E-state index contributed by atoms with van der Waals surface area (Å²) < 4.78 is 0. The molecule has 0 unspecified atom stereocenters. The maximum Gasteiger partial charge on any atom is 0.0808 e. The Morgan fingerprint density at radius 3 is 2.25 bits per heavy atom. The Morgan fingerprint density at radius 2 is 1.65 bits per heavy atom. The van der Waals surface area contributed by atoms with Crippen molar-refractivity contribution < 1.29 is 0 Å². The van der Waals surface area contributed by atoms with Crippen LogP contribution in [0.1, 0.15) is 18.1 Å². The van der Waals surface area contributed by atoms with Gasteiger partial charge in [0.1, 0.15) is 0 Å². The summed E-state index contributed by atoms with van der Waals surface area (Å²) in [5, 5.41) is 0. The van der Waals surface area contributed by atoms with Gasteiger partial charge in [0.05, 0.1) is 5.71 Å². The summed E-state index contributed by atoms with van der Waals surface area (Å²) >= 11 is 0. The van der Waals surface area contributed by atoms with E-state index in [1.165, 1.54) is 11.1 Å². The fourth-order valence-corrected chi connectivity index (χ4v) is 2.06. The lowest BCUT2D eigenvalue weighted by atomic mass is 10.0. The van der Waals surface area contributed by atoms with Crippen LogP contribution in [0.25, 0.3) is 0 Å². The molecule has 0 saturated heterocycles. The number of hydrogen-bond acceptors (Lipinski definition) is 1. The molecule has 0 atom stereocenters. The Hall–Kier alpha value is -2.59. The van der Waals surface area contributed by atoms with E-state index in [1.807, 2.05) is 36.4 Å². The van der Waals surface area contributed by atoms with Gasteiger partial charge in [-0.05, 0) is 25.0 Å². The molecule has 0 fully saturated rings. The Kier molecular flexibility index (Phi) is 4.92. The van der Waals surface area contributed by atoms with E-state index in [2.05, 4.69) is 48.3 Å². The Bertz CT molecular complexity index is 643. The number of terminal acetylenes is 1. The van der Waals surface area contributed by atoms with Crippen LogP contribution in [0.2, 0.25) is 0 Å². The Morgan fingerprint density at radius 1 is 1.05 bits per heavy atom. The SMILES string of the molecule is C#CN=C(/C=C(/C)Cc1ccccc1)c1ccccc1. The topological polar surface area (TPSA) is 12.4 Å². The Labute approximate surface area is 120 Å². The van der Waals surface area contributed by atoms with Gasteiger partial charge in [-0.25, -0.2) is 0 Å². The van der Waals surface area contributed by atoms with Crippen LogP contribution in [0.15, 0.2) is 77.3 Å². The summed E-state index contributed by atoms with van der Waals surface area (Å²) in [4.78, 5) is 4.14. The van der Waals surface area contributed by atoms with Crippen LogP contribution in [0, 0.1) is 12.5 Å². The largest absolute Gasteiger partial charge is 0.198 e. The lowest BCUT2D eigenvalue weighted by molar-refractivity contribution is 1.15. The lowest BCUT2D eigenvalue weighted by Gasteiger charge is -2.04. The standard InChI is InChI=1S/C19H17N/c1-3-20-19(18-12-8-5-9-13-18)15-16(2)14-17-10-6-4-7-11-17/h1,4-13,15H,14H2,2H3/b16-15-,20-19?. The zero-order chi connectivity index (χ0) is 14.2. The number of allylic oxidation sites excluding steroid dienone is 2. The van der Waals surface area contributed by atoms with Gasteiger partial charge in [0.2, 0.25) is 0 Å². The fraction of sp³-hybridized carbons (Fsp3) is 0.105. The predicted molar refractivity (Wildman–Crippen MR) is 85.7 cm³/mol. The first-order valence-corrected chi connectivity index (χ1v) is 6.59. The van der Waals surface area contributed by atoms with Gasteiger partial charge in [0, 0.05) is 11.6 Å². The van der Waals surface area contributed by atoms with Crippen molar-refractivity contribution in [3.63, 3.8) is 0 Å². The third-order valence-corrected chi connectivity index (χ3v) is 2.96. The predicted octanol–water partition coefficient (Wildman–Crippen LogP) is 4.26. The molecule has 0 heterocycles. The maximum atomic E-state index is 5.33. The van der Waals surface area contributed by atoms with Crippen LogP contribution in [-0.2, 0) is 6.42 Å². The third-order valence-electron chi connectivity index (χ3n) is 2.96. The summed E-state index contributed by atoms with van der Waals surface area (Å²) in [6, 6.07) is 22.7. The van der Waals surface area contributed by atoms with Gasteiger partial charge in [-0.1, -0.05) is 72.7 Å². The van der Waals surface area contributed by atoms with Gasteiger partial charge >= 0.3 is 0 Å². The molecular formula is C19H17N. The van der Waals surface area contributed by atoms with Crippen molar-refractivity contribution in [1.82, 2.24) is 0 Å². The van der Waals surface area contributed by atoms with Crippen molar-refractivity contribution in [1.29, 1.82) is 0 Å². The van der Waals surface area contributed by atoms with Crippen LogP contribution in [0.4, 0.5) is 0 Å². The van der Waals surface area contributed by atoms with Crippen molar-refractivity contribution in [3.8, 4) is 12.5 Å². The van der Waals surface area contributed by atoms with Gasteiger partial charge in [0.15, 0.2) is 0 Å². The van der Waals surface area contributed by atoms with E-state index in [1.54, 1.807) is 0 Å². The summed E-state index contributed by atoms with van der Waals surface area (Å²) in [6.45, 7) is 2.10. The van der Waals surface area contributed by atoms with Crippen LogP contribution in [0.3, 0.4) is 0 Å². The molecule has 0 aliphatic carbocycles. The van der Waals surface area contributed by atoms with Gasteiger partial charge < -0.3 is 0 Å². The van der Waals surface area contributed by atoms with Crippen molar-refractivity contribution in [2.45, 2.75) is 13.3 Å². The normalized spacial score (nSPS) is 12.0. The van der Waals surface area contributed by atoms with E-state index in [-0.39, 0.29) is 0 Å². The minimum absolute atomic E-state index is 0.835. The third kappa shape index (κ3) is 3.96. The number of rotatable bonds is 4. The summed E-state index contributed by atoms with van der Waals surface area (Å²) in [5.41, 5.74) is 4.39. The van der Waals surface area contributed by atoms with Crippen molar-refractivity contribution in [3.05, 3.63) is 83.4 Å². The van der Waals surface area contributed by atoms with Crippen molar-refractivity contribution in [2.75, 3.05) is 0 Å². The van der Waals surface area contributed by atoms with Gasteiger partial charge in [0.25, 0.3) is 0 Å². The highest BCUT2D eigenvalue weighted by molar-refractivity contribution is 6.09. The average molecular weight is 259 g/mol. The number of hydrogen-bond donors (Lipinski definition) is 0. The lowest BCUT2D eigenvalue weighted by Crippen LogP contribution is -1.98. The monoisotopic (exact) mass is 259 g/mol. The van der Waals surface area contributed by atoms with Gasteiger partial charge in [-0.3, -0.25) is 0 Å². The molecule has 98 valence electrons. The molecule has 0 aliphatic rings. The molecule has 0 bridgehead atoms. The number of benzene rings is 2. The molecule has 1 heteroatoms. The van der Waals surface area contributed by atoms with Crippen LogP contribution in [-0.4, -0.2) is 5.71 Å². The minimum Gasteiger partial charge on any atom is -0.198 e. The molecule has 20 heavy (non-hydrogen) atoms. The zero-order valence-corrected chi connectivity index (χ0v) is 11.6. The second-order valence-corrected chi connectivity index (χ2v) is 4.65. The molecule has 2 rings (SSSR count). The van der Waals surface area contributed by atoms with Crippen LogP contribution in [0.5, 0.6) is 0 Å². The smallest absolute Gasteiger partial charge is 0.0808 e. The fourth-order valence-electron chi connectivity index (χ4n) is 2.06. The van der Waals surface area contributed by atoms with Crippen LogP contribution >= 0.6 is 0 Å². The second-order valence-electron chi connectivity index (χ2n) is 4.65. The highest BCUT2D eigenvalue weighted by atomic mass is 14.7. The first-order chi connectivity index (χ1) is 9.79. The molecule has 1 nitrogen and oxygen atoms in total. The summed E-state index contributed by atoms with van der Waals surface area (Å²) in [7, 11) is 0. The highest BCUT2D eigenvalue weighted by Crippen LogP contribution is 2.10. The maximum absolute atomic E-state index is 5.33. The van der Waals surface area contributed by atoms with E-state index in [9.17, 15) is 0 Å². The van der Waals surface area contributed by atoms with Gasteiger partial charge in [-0.2, -0.15) is 4.99 Å². The van der Waals surface area contributed by atoms with Crippen LogP contribution < -0.4 is 0 Å². The van der Waals surface area contributed by atoms with E-state index in [4.69, 9.17) is 6.42 Å². The van der Waals surface area contributed by atoms with Crippen molar-refractivity contribution >= 4 is 5.71 Å². The average Bonchev–Trinajstić information content (AvgIpc) is 2.49. The summed E-state index contributed by atoms with van der Waals surface area (Å²) in [6.07, 6.45) is 8.29. The number of aliphatic imine (C=N–C) groups is 1. The molecular weight excluding hydrogens is 242 g/mol.